The molecule has 16 nitrogen and oxygen atoms in total. The van der Waals surface area contributed by atoms with Crippen LogP contribution in [0.3, 0.4) is 0 Å². The lowest BCUT2D eigenvalue weighted by Gasteiger charge is -2.09. The molecule has 214 valence electrons. The first kappa shape index (κ1) is 29.5. The molecule has 41 heavy (non-hydrogen) atoms. The molecule has 2 aromatic carbocycles. The summed E-state index contributed by atoms with van der Waals surface area (Å²) in [7, 11) is -9.18. The SMILES string of the molecule is C=CCNc1nc(Cl)nc(Nc2ccc(S(=O)(=O)O)c(N=Nc3c(C)[nH]n(-c4ccc(S(=O)(=O)O)cc4)c3=O)c2)n1. The molecule has 5 N–H and O–H groups in total. The van der Waals surface area contributed by atoms with Crippen LogP contribution in [0, 0.1) is 6.92 Å². The first-order valence-corrected chi connectivity index (χ1v) is 14.5. The molecule has 4 aromatic rings. The van der Waals surface area contributed by atoms with Gasteiger partial charge in [0.25, 0.3) is 25.8 Å². The van der Waals surface area contributed by atoms with Gasteiger partial charge in [-0.15, -0.1) is 16.8 Å². The van der Waals surface area contributed by atoms with E-state index < -0.39 is 30.7 Å². The summed E-state index contributed by atoms with van der Waals surface area (Å²) >= 11 is 5.95. The molecule has 0 saturated carbocycles. The van der Waals surface area contributed by atoms with Crippen molar-refractivity contribution in [1.82, 2.24) is 24.7 Å². The Labute approximate surface area is 237 Å². The van der Waals surface area contributed by atoms with Crippen molar-refractivity contribution in [1.29, 1.82) is 0 Å². The highest BCUT2D eigenvalue weighted by atomic mass is 35.5. The van der Waals surface area contributed by atoms with Gasteiger partial charge in [0.15, 0.2) is 5.69 Å². The van der Waals surface area contributed by atoms with Gasteiger partial charge in [-0.3, -0.25) is 19.0 Å². The molecule has 0 aliphatic rings. The molecule has 0 aliphatic carbocycles. The minimum absolute atomic E-state index is 0.00318. The Morgan fingerprint density at radius 3 is 2.34 bits per heavy atom. The molecule has 0 radical (unpaired) electrons. The monoisotopic (exact) mass is 621 g/mol. The predicted molar refractivity (Wildman–Crippen MR) is 148 cm³/mol. The molecule has 0 fully saturated rings. The van der Waals surface area contributed by atoms with Gasteiger partial charge in [0.05, 0.1) is 16.3 Å². The summed E-state index contributed by atoms with van der Waals surface area (Å²) in [5.74, 6) is 0.150. The average Bonchev–Trinajstić information content (AvgIpc) is 3.17. The number of H-pyrrole nitrogens is 1. The minimum atomic E-state index is -4.75. The molecule has 0 amide bonds. The van der Waals surface area contributed by atoms with Crippen LogP contribution in [0.5, 0.6) is 0 Å². The van der Waals surface area contributed by atoms with Gasteiger partial charge in [-0.05, 0) is 61.0 Å². The van der Waals surface area contributed by atoms with Crippen LogP contribution in [0.25, 0.3) is 5.69 Å². The van der Waals surface area contributed by atoms with E-state index in [2.05, 4.69) is 47.5 Å². The number of aromatic amines is 1. The van der Waals surface area contributed by atoms with E-state index in [1.165, 1.54) is 31.2 Å². The van der Waals surface area contributed by atoms with Gasteiger partial charge in [-0.2, -0.15) is 31.8 Å². The summed E-state index contributed by atoms with van der Waals surface area (Å²) < 4.78 is 66.4. The van der Waals surface area contributed by atoms with Crippen molar-refractivity contribution in [2.45, 2.75) is 16.7 Å². The second-order valence-corrected chi connectivity index (χ2v) is 11.2. The number of aromatic nitrogens is 5. The Balaban J connectivity index is 1.69. The lowest BCUT2D eigenvalue weighted by atomic mass is 10.3. The van der Waals surface area contributed by atoms with Crippen LogP contribution in [0.2, 0.25) is 5.28 Å². The van der Waals surface area contributed by atoms with Gasteiger partial charge in [-0.1, -0.05) is 6.08 Å². The maximum Gasteiger partial charge on any atom is 0.299 e. The van der Waals surface area contributed by atoms with Gasteiger partial charge in [0.1, 0.15) is 10.6 Å². The number of rotatable bonds is 10. The quantitative estimate of drug-likeness (QED) is 0.0971. The third-order valence-electron chi connectivity index (χ3n) is 5.20. The van der Waals surface area contributed by atoms with Crippen LogP contribution in [0.4, 0.5) is 29.0 Å². The van der Waals surface area contributed by atoms with Crippen molar-refractivity contribution in [3.63, 3.8) is 0 Å². The molecule has 19 heteroatoms. The first-order chi connectivity index (χ1) is 19.3. The Morgan fingerprint density at radius 1 is 1.02 bits per heavy atom. The van der Waals surface area contributed by atoms with Crippen LogP contribution in [0.1, 0.15) is 5.69 Å². The third-order valence-corrected chi connectivity index (χ3v) is 7.13. The molecule has 0 bridgehead atoms. The Bertz CT molecular complexity index is 1940. The maximum absolute atomic E-state index is 13.0. The van der Waals surface area contributed by atoms with Gasteiger partial charge in [0.2, 0.25) is 17.2 Å². The number of azo groups is 1. The standard InChI is InChI=1S/C22H20ClN9O7S2/c1-3-10-24-21-26-20(23)27-22(28-21)25-13-4-9-17(41(37,38)39)16(11-13)29-30-18-12(2)31-32(19(18)33)14-5-7-15(8-6-14)40(34,35)36/h3-9,11,31H,1,10H2,2H3,(H,34,35,36)(H,37,38,39)(H2,24,25,26,27,28). The summed E-state index contributed by atoms with van der Waals surface area (Å²) in [6, 6.07) is 8.34. The van der Waals surface area contributed by atoms with Crippen LogP contribution >= 0.6 is 11.6 Å². The second-order valence-electron chi connectivity index (χ2n) is 8.10. The topological polar surface area (TPSA) is 234 Å². The van der Waals surface area contributed by atoms with Crippen molar-refractivity contribution in [3.8, 4) is 5.69 Å². The fourth-order valence-electron chi connectivity index (χ4n) is 3.38. The van der Waals surface area contributed by atoms with E-state index in [1.807, 2.05) is 0 Å². The number of halogens is 1. The Kier molecular flexibility index (Phi) is 8.31. The van der Waals surface area contributed by atoms with Gasteiger partial charge in [0, 0.05) is 12.2 Å². The lowest BCUT2D eigenvalue weighted by molar-refractivity contribution is 0.481. The van der Waals surface area contributed by atoms with Crippen molar-refractivity contribution >= 4 is 60.8 Å². The van der Waals surface area contributed by atoms with E-state index >= 15 is 0 Å². The maximum atomic E-state index is 13.0. The minimum Gasteiger partial charge on any atom is -0.351 e. The molecular weight excluding hydrogens is 602 g/mol. The summed E-state index contributed by atoms with van der Waals surface area (Å²) in [6.45, 7) is 5.44. The Morgan fingerprint density at radius 2 is 1.71 bits per heavy atom. The molecule has 4 rings (SSSR count). The smallest absolute Gasteiger partial charge is 0.299 e. The predicted octanol–water partition coefficient (Wildman–Crippen LogP) is 3.56. The van der Waals surface area contributed by atoms with Crippen molar-refractivity contribution in [3.05, 3.63) is 76.5 Å². The summed E-state index contributed by atoms with van der Waals surface area (Å²) in [4.78, 5) is 24.1. The fourth-order valence-corrected chi connectivity index (χ4v) is 4.62. The van der Waals surface area contributed by atoms with Gasteiger partial charge < -0.3 is 10.6 Å². The zero-order valence-corrected chi connectivity index (χ0v) is 23.2. The molecule has 2 aromatic heterocycles. The average molecular weight is 622 g/mol. The lowest BCUT2D eigenvalue weighted by Crippen LogP contribution is -2.14. The number of nitrogens with one attached hydrogen (secondary N) is 3. The molecule has 0 unspecified atom stereocenters. The zero-order chi connectivity index (χ0) is 29.9. The Hall–Kier alpha value is -4.49. The van der Waals surface area contributed by atoms with E-state index in [4.69, 9.17) is 16.2 Å². The van der Waals surface area contributed by atoms with E-state index in [0.717, 1.165) is 22.9 Å². The number of benzene rings is 2. The molecule has 2 heterocycles. The number of nitrogens with zero attached hydrogens (tertiary/aromatic N) is 6. The first-order valence-electron chi connectivity index (χ1n) is 11.2. The van der Waals surface area contributed by atoms with Crippen molar-refractivity contribution < 1.29 is 25.9 Å². The van der Waals surface area contributed by atoms with E-state index in [-0.39, 0.29) is 50.5 Å². The summed E-state index contributed by atoms with van der Waals surface area (Å²) in [5.41, 5.74) is -0.551. The number of aryl methyl sites for hydroxylation is 1. The number of hydrogen-bond donors (Lipinski definition) is 5. The van der Waals surface area contributed by atoms with Crippen molar-refractivity contribution in [2.24, 2.45) is 10.2 Å². The van der Waals surface area contributed by atoms with Crippen LogP contribution in [-0.4, -0.2) is 57.2 Å². The highest BCUT2D eigenvalue weighted by molar-refractivity contribution is 7.86. The largest absolute Gasteiger partial charge is 0.351 e. The normalized spacial score (nSPS) is 12.0. The highest BCUT2D eigenvalue weighted by Gasteiger charge is 2.19. The van der Waals surface area contributed by atoms with Crippen LogP contribution in [-0.2, 0) is 20.2 Å². The molecule has 0 aliphatic heterocycles. The number of anilines is 3. The van der Waals surface area contributed by atoms with Crippen LogP contribution in [0.15, 0.2) is 79.9 Å². The second kappa shape index (κ2) is 11.6. The summed E-state index contributed by atoms with van der Waals surface area (Å²) in [5, 5.41) is 16.1. The van der Waals surface area contributed by atoms with Gasteiger partial charge in [-0.25, -0.2) is 4.68 Å². The molecule has 0 saturated heterocycles. The third kappa shape index (κ3) is 6.99. The highest BCUT2D eigenvalue weighted by Crippen LogP contribution is 2.31. The summed E-state index contributed by atoms with van der Waals surface area (Å²) in [6.07, 6.45) is 1.58. The van der Waals surface area contributed by atoms with E-state index in [0.29, 0.717) is 6.54 Å². The van der Waals surface area contributed by atoms with Gasteiger partial charge >= 0.3 is 0 Å². The fraction of sp³-hybridized carbons (Fsp3) is 0.0909. The zero-order valence-electron chi connectivity index (χ0n) is 20.8. The van der Waals surface area contributed by atoms with E-state index in [1.54, 1.807) is 6.08 Å². The van der Waals surface area contributed by atoms with Crippen LogP contribution < -0.4 is 16.2 Å². The number of hydrogen-bond acceptors (Lipinski definition) is 12. The van der Waals surface area contributed by atoms with Crippen molar-refractivity contribution in [2.75, 3.05) is 17.2 Å². The molecule has 0 spiro atoms. The van der Waals surface area contributed by atoms with E-state index in [9.17, 15) is 26.2 Å². The molecular formula is C22H20ClN9O7S2. The molecule has 0 atom stereocenters.